The molecule has 2 N–H and O–H groups in total. The summed E-state index contributed by atoms with van der Waals surface area (Å²) in [7, 11) is 0. The fraction of sp³-hybridized carbons (Fsp3) is 0.424. The summed E-state index contributed by atoms with van der Waals surface area (Å²) >= 11 is 15.9. The van der Waals surface area contributed by atoms with Crippen LogP contribution >= 0.6 is 45.8 Å². The zero-order valence-corrected chi connectivity index (χ0v) is 48.7. The van der Waals surface area contributed by atoms with Crippen LogP contribution in [0.1, 0.15) is 172 Å². The molecular formula is C59H61Cl2F2IN14. The summed E-state index contributed by atoms with van der Waals surface area (Å²) in [4.78, 5) is 17.3. The minimum absolute atomic E-state index is 0.00595. The Morgan fingerprint density at radius 1 is 0.654 bits per heavy atom. The lowest BCUT2D eigenvalue weighted by Gasteiger charge is -2.22. The maximum absolute atomic E-state index is 14.1. The van der Waals surface area contributed by atoms with Gasteiger partial charge in [-0.05, 0) is 157 Å². The average Bonchev–Trinajstić information content (AvgIpc) is 4.31. The molecule has 11 rings (SSSR count). The average molecular weight is 1200 g/mol. The van der Waals surface area contributed by atoms with Crippen molar-refractivity contribution in [2.75, 3.05) is 23.7 Å². The van der Waals surface area contributed by atoms with Gasteiger partial charge in [0.2, 0.25) is 11.9 Å². The molecule has 2 atom stereocenters. The van der Waals surface area contributed by atoms with Crippen molar-refractivity contribution in [1.29, 1.82) is 10.5 Å². The van der Waals surface area contributed by atoms with Crippen LogP contribution in [0.4, 0.5) is 20.2 Å². The number of aryl methyl sites for hydroxylation is 2. The molecular weight excluding hydrogens is 1140 g/mol. The molecule has 6 heterocycles. The highest BCUT2D eigenvalue weighted by Gasteiger charge is 2.39. The summed E-state index contributed by atoms with van der Waals surface area (Å²) in [5.41, 5.74) is 11.7. The van der Waals surface area contributed by atoms with Crippen LogP contribution in [0.3, 0.4) is 0 Å². The molecule has 3 fully saturated rings. The lowest BCUT2D eigenvalue weighted by Crippen LogP contribution is -2.19. The van der Waals surface area contributed by atoms with Crippen LogP contribution in [0.25, 0.3) is 21.8 Å². The van der Waals surface area contributed by atoms with Crippen molar-refractivity contribution in [3.8, 4) is 12.1 Å². The van der Waals surface area contributed by atoms with Crippen LogP contribution in [0, 0.1) is 62.9 Å². The maximum Gasteiger partial charge on any atom is 0.213 e. The van der Waals surface area contributed by atoms with Crippen LogP contribution in [-0.4, -0.2) is 63.0 Å². The van der Waals surface area contributed by atoms with Gasteiger partial charge in [0.1, 0.15) is 21.5 Å². The Hall–Kier alpha value is -6.41. The number of halogens is 5. The summed E-state index contributed by atoms with van der Waals surface area (Å²) < 4.78 is 33.1. The number of anilines is 2. The Bertz CT molecular complexity index is 3690. The number of nitriles is 2. The van der Waals surface area contributed by atoms with E-state index in [-0.39, 0.29) is 22.7 Å². The molecule has 2 aromatic carbocycles. The van der Waals surface area contributed by atoms with Crippen LogP contribution in [0.15, 0.2) is 60.9 Å². The van der Waals surface area contributed by atoms with Crippen molar-refractivity contribution in [2.24, 2.45) is 10.8 Å². The summed E-state index contributed by atoms with van der Waals surface area (Å²) in [6, 6.07) is 19.7. The zero-order valence-electron chi connectivity index (χ0n) is 45.0. The number of fused-ring (bicyclic) bond motifs is 2. The Labute approximate surface area is 476 Å². The quantitative estimate of drug-likeness (QED) is 0.0732. The fourth-order valence-electron chi connectivity index (χ4n) is 10.1. The number of rotatable bonds is 15. The molecule has 19 heteroatoms. The molecule has 0 radical (unpaired) electrons. The number of hydrogen-bond donors (Lipinski definition) is 2. The third kappa shape index (κ3) is 12.1. The molecule has 0 spiro atoms. The van der Waals surface area contributed by atoms with Crippen molar-refractivity contribution in [3.05, 3.63) is 148 Å². The first kappa shape index (κ1) is 54.9. The molecule has 0 amide bonds. The molecule has 0 bridgehead atoms. The molecule has 6 aromatic heterocycles. The minimum atomic E-state index is -0.514. The lowest BCUT2D eigenvalue weighted by atomic mass is 9.86. The van der Waals surface area contributed by atoms with Crippen molar-refractivity contribution >= 4 is 79.0 Å². The zero-order chi connectivity index (χ0) is 55.4. The topological polar surface area (TPSA) is 185 Å². The summed E-state index contributed by atoms with van der Waals surface area (Å²) in [5, 5.41) is 47.6. The standard InChI is InChI=1S/C31H33ClFN7.C28H28ClFIN7/c1-17-22(9-10-26(33)37-17)23(29-30(19-5-6-19)40(39-38-29)21-7-8-21)11-18-12-24-27(36-16-31(2,3)4)20(14-34)15-35-28(24)25(32)13-18;1-15-19(7-8-23(30)35-15)20(26-27(31)38(37-36-26)18-5-6-18)9-16-10-21-24(34-14-28(2,3)4)17(12-32)13-33-25(21)22(29)11-16/h9-10,12-13,15,19,21,23H,5-8,11,16H2,1-4H3,(H,35,36);7-8,10-11,13,18,20H,5-6,9,14H2,1-4H3,(H,33,34)/t23-;20-/m00/s1. The van der Waals surface area contributed by atoms with Gasteiger partial charge in [0.05, 0.1) is 67.1 Å². The second kappa shape index (κ2) is 22.0. The van der Waals surface area contributed by atoms with Gasteiger partial charge in [-0.25, -0.2) is 19.3 Å². The highest BCUT2D eigenvalue weighted by molar-refractivity contribution is 14.1. The number of nitrogens with zero attached hydrogens (tertiary/aromatic N) is 12. The molecule has 3 saturated carbocycles. The molecule has 0 unspecified atom stereocenters. The van der Waals surface area contributed by atoms with Gasteiger partial charge < -0.3 is 10.6 Å². The Morgan fingerprint density at radius 2 is 1.09 bits per heavy atom. The van der Waals surface area contributed by atoms with Gasteiger partial charge in [-0.3, -0.25) is 9.97 Å². The second-order valence-electron chi connectivity index (χ2n) is 23.5. The Morgan fingerprint density at radius 3 is 1.51 bits per heavy atom. The van der Waals surface area contributed by atoms with Crippen LogP contribution in [-0.2, 0) is 12.8 Å². The summed E-state index contributed by atoms with van der Waals surface area (Å²) in [5.74, 6) is -0.947. The van der Waals surface area contributed by atoms with E-state index >= 15 is 0 Å². The first-order chi connectivity index (χ1) is 37.2. The molecule has 14 nitrogen and oxygen atoms in total. The molecule has 0 aliphatic heterocycles. The van der Waals surface area contributed by atoms with Gasteiger partial charge in [-0.1, -0.05) is 87.3 Å². The fourth-order valence-corrected chi connectivity index (χ4v) is 11.6. The van der Waals surface area contributed by atoms with Gasteiger partial charge in [0.25, 0.3) is 0 Å². The number of benzene rings is 2. The molecule has 402 valence electrons. The van der Waals surface area contributed by atoms with Gasteiger partial charge in [-0.2, -0.15) is 19.3 Å². The molecule has 78 heavy (non-hydrogen) atoms. The van der Waals surface area contributed by atoms with Crippen molar-refractivity contribution in [3.63, 3.8) is 0 Å². The lowest BCUT2D eigenvalue weighted by molar-refractivity contribution is 0.443. The van der Waals surface area contributed by atoms with E-state index in [4.69, 9.17) is 28.3 Å². The Kier molecular flexibility index (Phi) is 15.5. The van der Waals surface area contributed by atoms with Crippen molar-refractivity contribution in [1.82, 2.24) is 49.9 Å². The highest BCUT2D eigenvalue weighted by Crippen LogP contribution is 2.49. The van der Waals surface area contributed by atoms with Crippen molar-refractivity contribution < 1.29 is 8.78 Å². The Balaban J connectivity index is 0.000000177. The van der Waals surface area contributed by atoms with Gasteiger partial charge in [-0.15, -0.1) is 10.2 Å². The third-order valence-electron chi connectivity index (χ3n) is 14.4. The number of hydrogen-bond acceptors (Lipinski definition) is 12. The van der Waals surface area contributed by atoms with Crippen molar-refractivity contribution in [2.45, 2.75) is 137 Å². The molecule has 3 aliphatic rings. The number of nitrogens with one attached hydrogen (secondary N) is 2. The SMILES string of the molecule is Cc1nc(F)ccc1[C@H](Cc1cc(Cl)c2ncc(C#N)c(NCC(C)(C)C)c2c1)c1nnn(C2CC2)c1C1CC1.Cc1nc(F)ccc1[C@H](Cc1cc(Cl)c2ncc(C#N)c(NCC(C)(C)C)c2c1)c1nnn(C2CC2)c1I. The van der Waals surface area contributed by atoms with E-state index in [0.29, 0.717) is 87.5 Å². The second-order valence-corrected chi connectivity index (χ2v) is 25.3. The minimum Gasteiger partial charge on any atom is -0.383 e. The smallest absolute Gasteiger partial charge is 0.213 e. The van der Waals surface area contributed by atoms with Gasteiger partial charge in [0.15, 0.2) is 0 Å². The predicted octanol–water partition coefficient (Wildman–Crippen LogP) is 14.2. The molecule has 8 aromatic rings. The van der Waals surface area contributed by atoms with E-state index in [1.54, 1.807) is 18.5 Å². The van der Waals surface area contributed by atoms with Crippen LogP contribution in [0.2, 0.25) is 10.0 Å². The summed E-state index contributed by atoms with van der Waals surface area (Å²) in [6.45, 7) is 17.8. The first-order valence-corrected chi connectivity index (χ1v) is 28.3. The largest absolute Gasteiger partial charge is 0.383 e. The van der Waals surface area contributed by atoms with Gasteiger partial charge >= 0.3 is 0 Å². The van der Waals surface area contributed by atoms with E-state index < -0.39 is 11.9 Å². The van der Waals surface area contributed by atoms with E-state index in [0.717, 1.165) is 98.0 Å². The van der Waals surface area contributed by atoms with E-state index in [2.05, 4.69) is 133 Å². The molecule has 0 saturated heterocycles. The number of aromatic nitrogens is 10. The highest BCUT2D eigenvalue weighted by atomic mass is 127. The third-order valence-corrected chi connectivity index (χ3v) is 16.1. The van der Waals surface area contributed by atoms with E-state index in [9.17, 15) is 19.3 Å². The van der Waals surface area contributed by atoms with Gasteiger partial charge in [0, 0.05) is 65.4 Å². The normalized spacial score (nSPS) is 15.4. The number of pyridine rings is 4. The van der Waals surface area contributed by atoms with E-state index in [1.807, 2.05) is 42.8 Å². The first-order valence-electron chi connectivity index (χ1n) is 26.5. The summed E-state index contributed by atoms with van der Waals surface area (Å²) in [6.07, 6.45) is 11.0. The predicted molar refractivity (Wildman–Crippen MR) is 309 cm³/mol. The van der Waals surface area contributed by atoms with E-state index in [1.165, 1.54) is 17.8 Å². The molecule has 3 aliphatic carbocycles. The van der Waals surface area contributed by atoms with Crippen LogP contribution in [0.5, 0.6) is 0 Å². The monoisotopic (exact) mass is 1200 g/mol. The maximum atomic E-state index is 14.1. The van der Waals surface area contributed by atoms with Crippen LogP contribution < -0.4 is 10.6 Å².